The molecule has 1 saturated heterocycles. The van der Waals surface area contributed by atoms with Crippen LogP contribution in [0.2, 0.25) is 0 Å². The van der Waals surface area contributed by atoms with E-state index in [0.29, 0.717) is 22.6 Å². The lowest BCUT2D eigenvalue weighted by molar-refractivity contribution is -0.119. The lowest BCUT2D eigenvalue weighted by atomic mass is 9.84. The van der Waals surface area contributed by atoms with Crippen LogP contribution in [0.5, 0.6) is 0 Å². The molecule has 2 aliphatic rings. The van der Waals surface area contributed by atoms with Crippen LogP contribution in [0.25, 0.3) is 17.2 Å². The van der Waals surface area contributed by atoms with Crippen LogP contribution in [0.3, 0.4) is 0 Å². The van der Waals surface area contributed by atoms with Crippen molar-refractivity contribution in [3.8, 4) is 11.1 Å². The molecule has 36 heavy (non-hydrogen) atoms. The number of allylic oxidation sites excluding steroid dienone is 1. The zero-order valence-corrected chi connectivity index (χ0v) is 20.8. The second kappa shape index (κ2) is 11.3. The number of Topliss-reactive ketones (excluding diaryl/α,β-unsaturated/α-hetero) is 1. The van der Waals surface area contributed by atoms with Gasteiger partial charge >= 0.3 is 0 Å². The number of ketones is 1. The Kier molecular flexibility index (Phi) is 7.68. The van der Waals surface area contributed by atoms with E-state index in [0.717, 1.165) is 67.4 Å². The van der Waals surface area contributed by atoms with E-state index in [1.54, 1.807) is 18.3 Å². The maximum atomic E-state index is 13.3. The van der Waals surface area contributed by atoms with Gasteiger partial charge in [-0.15, -0.1) is 0 Å². The van der Waals surface area contributed by atoms with E-state index in [1.165, 1.54) is 17.7 Å². The highest BCUT2D eigenvalue weighted by molar-refractivity contribution is 8.18. The Morgan fingerprint density at radius 2 is 1.78 bits per heavy atom. The summed E-state index contributed by atoms with van der Waals surface area (Å²) < 4.78 is 13.3. The molecule has 2 fully saturated rings. The third-order valence-electron chi connectivity index (χ3n) is 6.88. The molecule has 5 nitrogen and oxygen atoms in total. The number of aromatic nitrogens is 2. The van der Waals surface area contributed by atoms with Crippen LogP contribution in [0, 0.1) is 11.7 Å². The summed E-state index contributed by atoms with van der Waals surface area (Å²) in [5.41, 5.74) is 4.05. The maximum absolute atomic E-state index is 13.3. The molecule has 0 amide bonds. The highest BCUT2D eigenvalue weighted by atomic mass is 32.2. The van der Waals surface area contributed by atoms with Crippen molar-refractivity contribution in [2.24, 2.45) is 5.92 Å². The molecule has 184 valence electrons. The predicted molar refractivity (Wildman–Crippen MR) is 140 cm³/mol. The van der Waals surface area contributed by atoms with Crippen LogP contribution < -0.4 is 5.32 Å². The average Bonchev–Trinajstić information content (AvgIpc) is 3.20. The van der Waals surface area contributed by atoms with Gasteiger partial charge in [-0.25, -0.2) is 14.4 Å². The summed E-state index contributed by atoms with van der Waals surface area (Å²) in [4.78, 5) is 32.9. The maximum Gasteiger partial charge on any atom is 0.201 e. The molecule has 1 aliphatic carbocycles. The number of carbonyl (C=O) groups excluding carboxylic acids is 2. The molecule has 2 heterocycles. The number of carbonyl (C=O) groups is 2. The minimum Gasteiger partial charge on any atom is -0.310 e. The minimum atomic E-state index is -0.223. The third kappa shape index (κ3) is 6.15. The standard InChI is InChI=1S/C29H28FN3O2S/c30-22-9-7-20(8-10-22)25-4-2-1-3-21(25)18-32-23-11-5-19(6-12-23)15-28-31-14-13-24(33-28)16-27-26(34)17-29(35)36-27/h1-4,7-10,13-14,16,19,23,32H,5-6,11-12,15,17-18H2/b27-16-. The summed E-state index contributed by atoms with van der Waals surface area (Å²) in [6, 6.07) is 17.2. The molecule has 1 aliphatic heterocycles. The van der Waals surface area contributed by atoms with Crippen molar-refractivity contribution < 1.29 is 14.0 Å². The van der Waals surface area contributed by atoms with Gasteiger partial charge in [-0.3, -0.25) is 9.59 Å². The Morgan fingerprint density at radius 3 is 2.53 bits per heavy atom. The lowest BCUT2D eigenvalue weighted by Gasteiger charge is -2.29. The van der Waals surface area contributed by atoms with Gasteiger partial charge in [0.1, 0.15) is 11.6 Å². The van der Waals surface area contributed by atoms with Gasteiger partial charge in [-0.05, 0) is 84.3 Å². The summed E-state index contributed by atoms with van der Waals surface area (Å²) in [5, 5.41) is 3.62. The van der Waals surface area contributed by atoms with E-state index in [2.05, 4.69) is 27.4 Å². The first kappa shape index (κ1) is 24.5. The molecule has 3 aromatic rings. The van der Waals surface area contributed by atoms with E-state index in [1.807, 2.05) is 24.3 Å². The van der Waals surface area contributed by atoms with Gasteiger partial charge in [0.25, 0.3) is 0 Å². The van der Waals surface area contributed by atoms with Gasteiger partial charge in [-0.1, -0.05) is 36.4 Å². The van der Waals surface area contributed by atoms with E-state index in [9.17, 15) is 14.0 Å². The number of hydrogen-bond acceptors (Lipinski definition) is 6. The smallest absolute Gasteiger partial charge is 0.201 e. The van der Waals surface area contributed by atoms with Crippen molar-refractivity contribution in [3.05, 3.63) is 88.6 Å². The molecule has 1 saturated carbocycles. The first-order valence-electron chi connectivity index (χ1n) is 12.4. The third-order valence-corrected chi connectivity index (χ3v) is 7.82. The van der Waals surface area contributed by atoms with E-state index in [4.69, 9.17) is 0 Å². The van der Waals surface area contributed by atoms with Crippen molar-refractivity contribution in [2.45, 2.75) is 51.1 Å². The van der Waals surface area contributed by atoms with Crippen LogP contribution in [0.15, 0.2) is 65.7 Å². The molecule has 0 unspecified atom stereocenters. The van der Waals surface area contributed by atoms with Crippen molar-refractivity contribution in [1.29, 1.82) is 0 Å². The lowest BCUT2D eigenvalue weighted by Crippen LogP contribution is -2.33. The Labute approximate surface area is 214 Å². The monoisotopic (exact) mass is 501 g/mol. The van der Waals surface area contributed by atoms with Gasteiger partial charge in [0.05, 0.1) is 17.0 Å². The Balaban J connectivity index is 1.14. The summed E-state index contributed by atoms with van der Waals surface area (Å²) in [5.74, 6) is 0.966. The Bertz CT molecular complexity index is 1280. The van der Waals surface area contributed by atoms with Gasteiger partial charge in [0, 0.05) is 25.2 Å². The molecule has 0 bridgehead atoms. The number of nitrogens with zero attached hydrogens (tertiary/aromatic N) is 2. The molecule has 1 aromatic heterocycles. The molecular formula is C29H28FN3O2S. The SMILES string of the molecule is O=C1CC(=O)/C(=C/c2ccnc(CC3CCC(NCc4ccccc4-c4ccc(F)cc4)CC3)n2)S1. The largest absolute Gasteiger partial charge is 0.310 e. The van der Waals surface area contributed by atoms with Crippen LogP contribution >= 0.6 is 11.8 Å². The van der Waals surface area contributed by atoms with E-state index >= 15 is 0 Å². The van der Waals surface area contributed by atoms with Crippen molar-refractivity contribution in [2.75, 3.05) is 0 Å². The van der Waals surface area contributed by atoms with Crippen LogP contribution in [-0.4, -0.2) is 26.9 Å². The first-order valence-corrected chi connectivity index (χ1v) is 13.2. The minimum absolute atomic E-state index is 0.0243. The van der Waals surface area contributed by atoms with Crippen molar-refractivity contribution in [3.63, 3.8) is 0 Å². The Morgan fingerprint density at radius 1 is 1.00 bits per heavy atom. The molecule has 7 heteroatoms. The van der Waals surface area contributed by atoms with Crippen LogP contribution in [0.4, 0.5) is 4.39 Å². The zero-order valence-electron chi connectivity index (χ0n) is 20.0. The van der Waals surface area contributed by atoms with Gasteiger partial charge < -0.3 is 5.32 Å². The average molecular weight is 502 g/mol. The van der Waals surface area contributed by atoms with E-state index in [-0.39, 0.29) is 23.1 Å². The zero-order chi connectivity index (χ0) is 24.9. The van der Waals surface area contributed by atoms with Crippen molar-refractivity contribution >= 4 is 28.7 Å². The van der Waals surface area contributed by atoms with Crippen LogP contribution in [-0.2, 0) is 22.6 Å². The fraction of sp³-hybridized carbons (Fsp3) is 0.310. The highest BCUT2D eigenvalue weighted by Gasteiger charge is 2.26. The predicted octanol–water partition coefficient (Wildman–Crippen LogP) is 5.75. The summed E-state index contributed by atoms with van der Waals surface area (Å²) >= 11 is 1.00. The number of nitrogens with one attached hydrogen (secondary N) is 1. The van der Waals surface area contributed by atoms with Gasteiger partial charge in [-0.2, -0.15) is 0 Å². The number of rotatable bonds is 7. The molecule has 2 aromatic carbocycles. The second-order valence-corrected chi connectivity index (χ2v) is 10.5. The molecular weight excluding hydrogens is 473 g/mol. The number of benzene rings is 2. The number of thioether (sulfide) groups is 1. The Hall–Kier alpha value is -3.16. The molecule has 5 rings (SSSR count). The fourth-order valence-electron chi connectivity index (χ4n) is 4.94. The van der Waals surface area contributed by atoms with E-state index < -0.39 is 0 Å². The molecule has 0 radical (unpaired) electrons. The second-order valence-electron chi connectivity index (χ2n) is 9.45. The number of hydrogen-bond donors (Lipinski definition) is 1. The fourth-order valence-corrected chi connectivity index (χ4v) is 5.75. The summed E-state index contributed by atoms with van der Waals surface area (Å²) in [7, 11) is 0. The molecule has 1 N–H and O–H groups in total. The topological polar surface area (TPSA) is 72.0 Å². The summed E-state index contributed by atoms with van der Waals surface area (Å²) in [6.45, 7) is 0.780. The quantitative estimate of drug-likeness (QED) is 0.328. The van der Waals surface area contributed by atoms with Gasteiger partial charge in [0.15, 0.2) is 5.78 Å². The van der Waals surface area contributed by atoms with Gasteiger partial charge in [0.2, 0.25) is 5.12 Å². The normalized spacial score (nSPS) is 21.3. The summed E-state index contributed by atoms with van der Waals surface area (Å²) in [6.07, 6.45) is 8.63. The molecule has 0 spiro atoms. The van der Waals surface area contributed by atoms with Crippen LogP contribution in [0.1, 0.15) is 49.2 Å². The first-order chi connectivity index (χ1) is 17.5. The number of halogens is 1. The van der Waals surface area contributed by atoms with Crippen molar-refractivity contribution in [1.82, 2.24) is 15.3 Å². The highest BCUT2D eigenvalue weighted by Crippen LogP contribution is 2.31. The molecule has 0 atom stereocenters.